The molecule has 4 unspecified atom stereocenters. The van der Waals surface area contributed by atoms with Gasteiger partial charge in [-0.2, -0.15) is 0 Å². The number of aliphatic hydroxyl groups excluding tert-OH is 2. The van der Waals surface area contributed by atoms with E-state index in [1.165, 1.54) is 30.8 Å². The molecule has 1 aromatic rings. The molecule has 3 rings (SSSR count). The van der Waals surface area contributed by atoms with Gasteiger partial charge in [-0.1, -0.05) is 12.1 Å². The van der Waals surface area contributed by atoms with Crippen molar-refractivity contribution in [1.29, 1.82) is 0 Å². The number of primary amides is 1. The van der Waals surface area contributed by atoms with Crippen molar-refractivity contribution in [2.24, 2.45) is 11.5 Å². The Morgan fingerprint density at radius 2 is 1.87 bits per heavy atom. The van der Waals surface area contributed by atoms with Crippen LogP contribution in [0.4, 0.5) is 0 Å². The first-order valence-electron chi connectivity index (χ1n) is 12.9. The van der Waals surface area contributed by atoms with E-state index in [1.807, 2.05) is 6.07 Å². The number of benzene rings is 1. The molecule has 210 valence electrons. The standard InChI is InChI=1S/C26H39N5O7/c1-15(32)20(27)24(36)30-11-5-9-19(30)23(35)31-12-6-10-26(31,14-17-7-4-8-18(13-17)38-3)25(37)29-21(16(2)33)22(28)34/h4,7-8,13,15-16,19-21,32-33H,5-6,9-12,14,27H2,1-3H3,(H2,28,34)(H,29,37)/t15-,16+,19?,20?,21?,26?/m0/s1. The molecular weight excluding hydrogens is 494 g/mol. The van der Waals surface area contributed by atoms with E-state index in [1.54, 1.807) is 18.2 Å². The molecule has 0 aliphatic carbocycles. The Balaban J connectivity index is 1.99. The van der Waals surface area contributed by atoms with Gasteiger partial charge in [0.05, 0.1) is 19.3 Å². The van der Waals surface area contributed by atoms with Crippen molar-refractivity contribution in [3.8, 4) is 5.75 Å². The molecule has 2 saturated heterocycles. The maximum Gasteiger partial charge on any atom is 0.247 e. The highest BCUT2D eigenvalue weighted by molar-refractivity contribution is 5.98. The summed E-state index contributed by atoms with van der Waals surface area (Å²) in [6, 6.07) is 3.75. The Hall–Kier alpha value is -3.22. The molecule has 38 heavy (non-hydrogen) atoms. The molecule has 2 aliphatic rings. The van der Waals surface area contributed by atoms with Gasteiger partial charge in [0.25, 0.3) is 0 Å². The fourth-order valence-electron chi connectivity index (χ4n) is 5.39. The number of rotatable bonds is 10. The van der Waals surface area contributed by atoms with E-state index in [2.05, 4.69) is 5.32 Å². The van der Waals surface area contributed by atoms with Gasteiger partial charge in [0.1, 0.15) is 29.4 Å². The normalized spacial score (nSPS) is 24.4. The van der Waals surface area contributed by atoms with E-state index in [0.717, 1.165) is 5.56 Å². The second-order valence-corrected chi connectivity index (χ2v) is 10.2. The van der Waals surface area contributed by atoms with E-state index >= 15 is 0 Å². The number of hydrogen-bond donors (Lipinski definition) is 5. The summed E-state index contributed by atoms with van der Waals surface area (Å²) >= 11 is 0. The Morgan fingerprint density at radius 3 is 2.47 bits per heavy atom. The summed E-state index contributed by atoms with van der Waals surface area (Å²) in [5, 5.41) is 22.5. The second-order valence-electron chi connectivity index (χ2n) is 10.2. The summed E-state index contributed by atoms with van der Waals surface area (Å²) in [5.74, 6) is -1.88. The molecule has 0 radical (unpaired) electrons. The molecule has 0 aromatic heterocycles. The maximum absolute atomic E-state index is 14.0. The van der Waals surface area contributed by atoms with Crippen molar-refractivity contribution >= 4 is 23.6 Å². The van der Waals surface area contributed by atoms with Gasteiger partial charge < -0.3 is 41.5 Å². The van der Waals surface area contributed by atoms with Gasteiger partial charge in [0, 0.05) is 19.5 Å². The summed E-state index contributed by atoms with van der Waals surface area (Å²) in [4.78, 5) is 55.7. The van der Waals surface area contributed by atoms with E-state index in [0.29, 0.717) is 38.0 Å². The Bertz CT molecular complexity index is 1050. The third-order valence-corrected chi connectivity index (χ3v) is 7.51. The van der Waals surface area contributed by atoms with Crippen LogP contribution in [0.15, 0.2) is 24.3 Å². The van der Waals surface area contributed by atoms with Crippen LogP contribution in [-0.2, 0) is 25.6 Å². The zero-order chi connectivity index (χ0) is 28.2. The number of carbonyl (C=O) groups excluding carboxylic acids is 4. The van der Waals surface area contributed by atoms with Crippen molar-refractivity contribution in [3.63, 3.8) is 0 Å². The monoisotopic (exact) mass is 533 g/mol. The van der Waals surface area contributed by atoms with Gasteiger partial charge in [-0.05, 0) is 57.2 Å². The molecular formula is C26H39N5O7. The lowest BCUT2D eigenvalue weighted by atomic mass is 9.86. The average Bonchev–Trinajstić information content (AvgIpc) is 3.53. The molecule has 0 bridgehead atoms. The zero-order valence-corrected chi connectivity index (χ0v) is 22.1. The van der Waals surface area contributed by atoms with Crippen molar-refractivity contribution in [2.75, 3.05) is 20.2 Å². The van der Waals surface area contributed by atoms with Crippen LogP contribution in [0, 0.1) is 0 Å². The van der Waals surface area contributed by atoms with E-state index in [4.69, 9.17) is 16.2 Å². The smallest absolute Gasteiger partial charge is 0.247 e. The van der Waals surface area contributed by atoms with Gasteiger partial charge in [-0.3, -0.25) is 19.2 Å². The fraction of sp³-hybridized carbons (Fsp3) is 0.615. The highest BCUT2D eigenvalue weighted by Gasteiger charge is 2.53. The number of nitrogens with one attached hydrogen (secondary N) is 1. The Labute approximate surface area is 222 Å². The van der Waals surface area contributed by atoms with Gasteiger partial charge in [-0.15, -0.1) is 0 Å². The van der Waals surface area contributed by atoms with Crippen LogP contribution in [-0.4, -0.2) is 99.7 Å². The number of likely N-dealkylation sites (tertiary alicyclic amines) is 2. The van der Waals surface area contributed by atoms with Gasteiger partial charge in [0.15, 0.2) is 0 Å². The molecule has 2 heterocycles. The second kappa shape index (κ2) is 12.1. The molecule has 2 fully saturated rings. The largest absolute Gasteiger partial charge is 0.497 e. The first-order chi connectivity index (χ1) is 17.9. The third-order valence-electron chi connectivity index (χ3n) is 7.51. The number of amides is 4. The molecule has 4 amide bonds. The number of aliphatic hydroxyl groups is 2. The topological polar surface area (TPSA) is 189 Å². The Morgan fingerprint density at radius 1 is 1.16 bits per heavy atom. The number of carbonyl (C=O) groups is 4. The van der Waals surface area contributed by atoms with Crippen LogP contribution in [0.25, 0.3) is 0 Å². The lowest BCUT2D eigenvalue weighted by Crippen LogP contribution is -2.65. The zero-order valence-electron chi connectivity index (χ0n) is 22.1. The summed E-state index contributed by atoms with van der Waals surface area (Å²) in [7, 11) is 1.52. The SMILES string of the molecule is COc1cccc(CC2(C(=O)NC(C(N)=O)[C@@H](C)O)CCCN2C(=O)C2CCCN2C(=O)C(N)[C@H](C)O)c1. The van der Waals surface area contributed by atoms with E-state index < -0.39 is 59.5 Å². The van der Waals surface area contributed by atoms with Crippen molar-refractivity contribution in [3.05, 3.63) is 29.8 Å². The number of nitrogens with two attached hydrogens (primary N) is 2. The van der Waals surface area contributed by atoms with Gasteiger partial charge in [0.2, 0.25) is 23.6 Å². The first-order valence-corrected chi connectivity index (χ1v) is 12.9. The van der Waals surface area contributed by atoms with Gasteiger partial charge >= 0.3 is 0 Å². The fourth-order valence-corrected chi connectivity index (χ4v) is 5.39. The van der Waals surface area contributed by atoms with Crippen LogP contribution in [0.3, 0.4) is 0 Å². The van der Waals surface area contributed by atoms with Crippen LogP contribution in [0.1, 0.15) is 45.1 Å². The molecule has 12 nitrogen and oxygen atoms in total. The average molecular weight is 534 g/mol. The molecule has 0 spiro atoms. The van der Waals surface area contributed by atoms with Crippen LogP contribution in [0.2, 0.25) is 0 Å². The first kappa shape index (κ1) is 29.3. The van der Waals surface area contributed by atoms with Crippen LogP contribution < -0.4 is 21.5 Å². The molecule has 6 atom stereocenters. The minimum Gasteiger partial charge on any atom is -0.497 e. The predicted molar refractivity (Wildman–Crippen MR) is 138 cm³/mol. The molecule has 7 N–H and O–H groups in total. The van der Waals surface area contributed by atoms with Crippen molar-refractivity contribution < 1.29 is 34.1 Å². The van der Waals surface area contributed by atoms with E-state index in [-0.39, 0.29) is 13.0 Å². The van der Waals surface area contributed by atoms with E-state index in [9.17, 15) is 29.4 Å². The maximum atomic E-state index is 14.0. The quantitative estimate of drug-likeness (QED) is 0.244. The lowest BCUT2D eigenvalue weighted by molar-refractivity contribution is -0.152. The summed E-state index contributed by atoms with van der Waals surface area (Å²) < 4.78 is 5.33. The Kier molecular flexibility index (Phi) is 9.34. The summed E-state index contributed by atoms with van der Waals surface area (Å²) in [6.07, 6.45) is -0.462. The molecule has 0 saturated carbocycles. The minimum atomic E-state index is -1.41. The number of ether oxygens (including phenoxy) is 1. The van der Waals surface area contributed by atoms with Crippen molar-refractivity contribution in [1.82, 2.24) is 15.1 Å². The number of nitrogens with zero attached hydrogens (tertiary/aromatic N) is 2. The summed E-state index contributed by atoms with van der Waals surface area (Å²) in [5.41, 5.74) is 10.6. The number of methoxy groups -OCH3 is 1. The van der Waals surface area contributed by atoms with Gasteiger partial charge in [-0.25, -0.2) is 0 Å². The van der Waals surface area contributed by atoms with Crippen LogP contribution in [0.5, 0.6) is 5.75 Å². The predicted octanol–water partition coefficient (Wildman–Crippen LogP) is -1.35. The molecule has 1 aromatic carbocycles. The minimum absolute atomic E-state index is 0.112. The van der Waals surface area contributed by atoms with Crippen LogP contribution >= 0.6 is 0 Å². The lowest BCUT2D eigenvalue weighted by Gasteiger charge is -2.41. The van der Waals surface area contributed by atoms with Crippen molar-refractivity contribution in [2.45, 2.75) is 81.8 Å². The highest BCUT2D eigenvalue weighted by atomic mass is 16.5. The molecule has 2 aliphatic heterocycles. The number of hydrogen-bond acceptors (Lipinski definition) is 8. The highest BCUT2D eigenvalue weighted by Crippen LogP contribution is 2.36. The third kappa shape index (κ3) is 5.92. The summed E-state index contributed by atoms with van der Waals surface area (Å²) in [6.45, 7) is 3.32. The molecule has 12 heteroatoms.